The number of hydrogen-bond donors (Lipinski definition) is 1. The molecule has 4 aromatic rings. The van der Waals surface area contributed by atoms with E-state index < -0.39 is 17.2 Å². The van der Waals surface area contributed by atoms with Gasteiger partial charge in [-0.3, -0.25) is 14.2 Å². The normalized spacial score (nSPS) is 11.0. The van der Waals surface area contributed by atoms with Gasteiger partial charge in [-0.2, -0.15) is 0 Å². The van der Waals surface area contributed by atoms with Crippen molar-refractivity contribution in [2.24, 2.45) is 0 Å². The Morgan fingerprint density at radius 2 is 1.82 bits per heavy atom. The number of nitrogens with one attached hydrogen (secondary N) is 1. The molecular weight excluding hydrogens is 460 g/mol. The van der Waals surface area contributed by atoms with Crippen molar-refractivity contribution in [2.45, 2.75) is 24.7 Å². The van der Waals surface area contributed by atoms with Gasteiger partial charge in [0.25, 0.3) is 5.56 Å². The van der Waals surface area contributed by atoms with Gasteiger partial charge in [-0.05, 0) is 56.5 Å². The van der Waals surface area contributed by atoms with Crippen LogP contribution in [0, 0.1) is 6.92 Å². The summed E-state index contributed by atoms with van der Waals surface area (Å²) >= 11 is 2.59. The van der Waals surface area contributed by atoms with Crippen molar-refractivity contribution in [1.29, 1.82) is 0 Å². The number of carbonyl (C=O) groups excluding carboxylic acids is 1. The van der Waals surface area contributed by atoms with Crippen LogP contribution in [0.15, 0.2) is 62.5 Å². The SMILES string of the molecule is CCOc1ccc(NC(=O)Cn2c(=O)n(-c3ccc(C)cc3)c(=O)c3sc(SC)nc32)cc1. The van der Waals surface area contributed by atoms with E-state index in [1.165, 1.54) is 27.7 Å². The highest BCUT2D eigenvalue weighted by Gasteiger charge is 2.20. The lowest BCUT2D eigenvalue weighted by atomic mass is 10.2. The van der Waals surface area contributed by atoms with Crippen molar-refractivity contribution < 1.29 is 9.53 Å². The Hall–Kier alpha value is -3.37. The Morgan fingerprint density at radius 3 is 2.45 bits per heavy atom. The molecule has 0 saturated carbocycles. The molecule has 2 aromatic heterocycles. The number of anilines is 1. The molecule has 0 atom stereocenters. The van der Waals surface area contributed by atoms with Crippen molar-refractivity contribution in [3.8, 4) is 11.4 Å². The number of hydrogen-bond acceptors (Lipinski definition) is 7. The minimum atomic E-state index is -0.615. The van der Waals surface area contributed by atoms with Gasteiger partial charge >= 0.3 is 5.69 Å². The monoisotopic (exact) mass is 482 g/mol. The molecule has 0 aliphatic rings. The molecule has 170 valence electrons. The fourth-order valence-electron chi connectivity index (χ4n) is 3.31. The van der Waals surface area contributed by atoms with Crippen molar-refractivity contribution >= 4 is 45.0 Å². The van der Waals surface area contributed by atoms with E-state index in [0.29, 0.717) is 32.8 Å². The van der Waals surface area contributed by atoms with Gasteiger partial charge in [-0.15, -0.1) is 11.3 Å². The molecule has 0 aliphatic carbocycles. The molecule has 2 heterocycles. The van der Waals surface area contributed by atoms with Crippen LogP contribution >= 0.6 is 23.1 Å². The number of aromatic nitrogens is 3. The third-order valence-electron chi connectivity index (χ3n) is 4.88. The number of nitrogens with zero attached hydrogens (tertiary/aromatic N) is 3. The summed E-state index contributed by atoms with van der Waals surface area (Å²) in [4.78, 5) is 43.8. The highest BCUT2D eigenvalue weighted by molar-refractivity contribution is 8.00. The van der Waals surface area contributed by atoms with Gasteiger partial charge in [-0.1, -0.05) is 29.5 Å². The summed E-state index contributed by atoms with van der Waals surface area (Å²) in [6.45, 7) is 4.08. The van der Waals surface area contributed by atoms with Crippen LogP contribution in [0.4, 0.5) is 5.69 Å². The molecule has 2 aromatic carbocycles. The van der Waals surface area contributed by atoms with E-state index in [1.807, 2.05) is 32.2 Å². The van der Waals surface area contributed by atoms with Crippen LogP contribution in [0.5, 0.6) is 5.75 Å². The second-order valence-electron chi connectivity index (χ2n) is 7.19. The molecule has 4 rings (SSSR count). The van der Waals surface area contributed by atoms with Crippen LogP contribution in [0.1, 0.15) is 12.5 Å². The molecule has 8 nitrogen and oxygen atoms in total. The summed E-state index contributed by atoms with van der Waals surface area (Å²) in [6.07, 6.45) is 1.84. The van der Waals surface area contributed by atoms with Crippen LogP contribution in [0.25, 0.3) is 16.0 Å². The molecule has 1 N–H and O–H groups in total. The van der Waals surface area contributed by atoms with Crippen LogP contribution < -0.4 is 21.3 Å². The number of ether oxygens (including phenoxy) is 1. The van der Waals surface area contributed by atoms with E-state index in [1.54, 1.807) is 36.4 Å². The summed E-state index contributed by atoms with van der Waals surface area (Å²) in [6, 6.07) is 14.0. The zero-order valence-corrected chi connectivity index (χ0v) is 20.0. The predicted molar refractivity (Wildman–Crippen MR) is 132 cm³/mol. The smallest absolute Gasteiger partial charge is 0.337 e. The topological polar surface area (TPSA) is 95.2 Å². The third-order valence-corrected chi connectivity index (χ3v) is 6.90. The first-order valence-electron chi connectivity index (χ1n) is 10.2. The van der Waals surface area contributed by atoms with Gasteiger partial charge in [0, 0.05) is 5.69 Å². The number of rotatable bonds is 7. The highest BCUT2D eigenvalue weighted by Crippen LogP contribution is 2.25. The lowest BCUT2D eigenvalue weighted by Gasteiger charge is -2.12. The Bertz CT molecular complexity index is 1420. The number of fused-ring (bicyclic) bond motifs is 1. The van der Waals surface area contributed by atoms with E-state index in [2.05, 4.69) is 10.3 Å². The molecule has 0 fully saturated rings. The van der Waals surface area contributed by atoms with E-state index in [0.717, 1.165) is 10.1 Å². The summed E-state index contributed by atoms with van der Waals surface area (Å²) in [7, 11) is 0. The number of benzene rings is 2. The lowest BCUT2D eigenvalue weighted by Crippen LogP contribution is -2.40. The molecular formula is C23H22N4O4S2. The molecule has 33 heavy (non-hydrogen) atoms. The van der Waals surface area contributed by atoms with Gasteiger partial charge < -0.3 is 10.1 Å². The lowest BCUT2D eigenvalue weighted by molar-refractivity contribution is -0.116. The van der Waals surface area contributed by atoms with E-state index in [4.69, 9.17) is 4.74 Å². The van der Waals surface area contributed by atoms with Crippen LogP contribution in [0.2, 0.25) is 0 Å². The standard InChI is InChI=1S/C23H22N4O4S2/c1-4-31-17-11-7-15(8-12-17)24-18(28)13-26-20-19(33-22(25-20)32-3)21(29)27(23(26)30)16-9-5-14(2)6-10-16/h5-12H,4,13H2,1-3H3,(H,24,28). The summed E-state index contributed by atoms with van der Waals surface area (Å²) in [5, 5.41) is 2.78. The molecule has 0 unspecified atom stereocenters. The number of thiazole rings is 1. The highest BCUT2D eigenvalue weighted by atomic mass is 32.2. The fraction of sp³-hybridized carbons (Fsp3) is 0.217. The maximum absolute atomic E-state index is 13.4. The van der Waals surface area contributed by atoms with Gasteiger partial charge in [0.05, 0.1) is 12.3 Å². The molecule has 10 heteroatoms. The Kier molecular flexibility index (Phi) is 6.66. The largest absolute Gasteiger partial charge is 0.494 e. The van der Waals surface area contributed by atoms with Gasteiger partial charge in [0.1, 0.15) is 17.0 Å². The molecule has 0 bridgehead atoms. The first-order valence-corrected chi connectivity index (χ1v) is 12.3. The van der Waals surface area contributed by atoms with Gasteiger partial charge in [0.2, 0.25) is 5.91 Å². The van der Waals surface area contributed by atoms with Crippen molar-refractivity contribution in [3.63, 3.8) is 0 Å². The quantitative estimate of drug-likeness (QED) is 0.404. The maximum Gasteiger partial charge on any atom is 0.337 e. The van der Waals surface area contributed by atoms with Crippen molar-refractivity contribution in [1.82, 2.24) is 14.1 Å². The minimum Gasteiger partial charge on any atom is -0.494 e. The van der Waals surface area contributed by atoms with Crippen molar-refractivity contribution in [3.05, 3.63) is 74.9 Å². The predicted octanol–water partition coefficient (Wildman–Crippen LogP) is 3.68. The van der Waals surface area contributed by atoms with E-state index >= 15 is 0 Å². The fourth-order valence-corrected chi connectivity index (χ4v) is 4.81. The molecule has 0 spiro atoms. The summed E-state index contributed by atoms with van der Waals surface area (Å²) in [5.74, 6) is 0.293. The Labute approximate surface area is 197 Å². The number of thioether (sulfide) groups is 1. The van der Waals surface area contributed by atoms with Crippen LogP contribution in [-0.4, -0.2) is 32.9 Å². The first kappa shape index (κ1) is 22.8. The average molecular weight is 483 g/mol. The second-order valence-corrected chi connectivity index (χ2v) is 9.24. The minimum absolute atomic E-state index is 0.213. The van der Waals surface area contributed by atoms with Crippen LogP contribution in [-0.2, 0) is 11.3 Å². The number of aryl methyl sites for hydroxylation is 1. The third kappa shape index (κ3) is 4.71. The van der Waals surface area contributed by atoms with Crippen molar-refractivity contribution in [2.75, 3.05) is 18.2 Å². The van der Waals surface area contributed by atoms with E-state index in [-0.39, 0.29) is 12.2 Å². The molecule has 1 amide bonds. The van der Waals surface area contributed by atoms with Gasteiger partial charge in [-0.25, -0.2) is 14.3 Å². The molecule has 0 radical (unpaired) electrons. The second kappa shape index (κ2) is 9.63. The zero-order chi connectivity index (χ0) is 23.5. The van der Waals surface area contributed by atoms with E-state index in [9.17, 15) is 14.4 Å². The first-order chi connectivity index (χ1) is 15.9. The number of amides is 1. The van der Waals surface area contributed by atoms with Gasteiger partial charge in [0.15, 0.2) is 9.99 Å². The maximum atomic E-state index is 13.4. The average Bonchev–Trinajstić information content (AvgIpc) is 3.24. The number of carbonyl (C=O) groups is 1. The molecule has 0 aliphatic heterocycles. The summed E-state index contributed by atoms with van der Waals surface area (Å²) in [5.41, 5.74) is 1.17. The van der Waals surface area contributed by atoms with Crippen LogP contribution in [0.3, 0.4) is 0 Å². The molecule has 0 saturated heterocycles. The summed E-state index contributed by atoms with van der Waals surface area (Å²) < 4.78 is 8.72. The Morgan fingerprint density at radius 1 is 1.12 bits per heavy atom. The zero-order valence-electron chi connectivity index (χ0n) is 18.3. The Balaban J connectivity index is 1.75.